The van der Waals surface area contributed by atoms with Gasteiger partial charge in [0.05, 0.1) is 17.9 Å². The Morgan fingerprint density at radius 2 is 1.86 bits per heavy atom. The van der Waals surface area contributed by atoms with Gasteiger partial charge in [0.15, 0.2) is 0 Å². The Balaban J connectivity index is 2.09. The first-order chi connectivity index (χ1) is 9.97. The fourth-order valence-corrected chi connectivity index (χ4v) is 2.57. The molecule has 2 N–H and O–H groups in total. The van der Waals surface area contributed by atoms with Gasteiger partial charge in [0.2, 0.25) is 5.95 Å². The molecule has 3 aromatic heterocycles. The summed E-state index contributed by atoms with van der Waals surface area (Å²) in [7, 11) is 0. The van der Waals surface area contributed by atoms with Crippen molar-refractivity contribution in [3.05, 3.63) is 46.5 Å². The first kappa shape index (κ1) is 13.5. The van der Waals surface area contributed by atoms with Crippen LogP contribution in [0.2, 0.25) is 0 Å². The molecule has 0 aliphatic rings. The Bertz CT molecular complexity index is 832. The van der Waals surface area contributed by atoms with Gasteiger partial charge >= 0.3 is 0 Å². The van der Waals surface area contributed by atoms with Gasteiger partial charge in [-0.25, -0.2) is 4.98 Å². The van der Waals surface area contributed by atoms with E-state index in [1.165, 1.54) is 16.7 Å². The summed E-state index contributed by atoms with van der Waals surface area (Å²) in [6.07, 6.45) is 3.94. The molecular formula is C16H19N5. The monoisotopic (exact) mass is 281 g/mol. The Morgan fingerprint density at radius 1 is 1.10 bits per heavy atom. The van der Waals surface area contributed by atoms with E-state index >= 15 is 0 Å². The third kappa shape index (κ3) is 2.24. The van der Waals surface area contributed by atoms with Gasteiger partial charge in [0.25, 0.3) is 0 Å². The van der Waals surface area contributed by atoms with Crippen LogP contribution in [0.15, 0.2) is 18.5 Å². The zero-order valence-electron chi connectivity index (χ0n) is 12.8. The molecule has 3 rings (SSSR count). The summed E-state index contributed by atoms with van der Waals surface area (Å²) < 4.78 is 2.07. The molecule has 0 atom stereocenters. The molecule has 0 bridgehead atoms. The van der Waals surface area contributed by atoms with E-state index in [4.69, 9.17) is 5.73 Å². The molecule has 5 heteroatoms. The van der Waals surface area contributed by atoms with E-state index in [0.717, 1.165) is 22.4 Å². The highest BCUT2D eigenvalue weighted by molar-refractivity contribution is 5.79. The maximum atomic E-state index is 5.77. The van der Waals surface area contributed by atoms with Crippen molar-refractivity contribution in [1.29, 1.82) is 0 Å². The zero-order valence-corrected chi connectivity index (χ0v) is 12.8. The van der Waals surface area contributed by atoms with E-state index in [1.807, 2.05) is 25.4 Å². The van der Waals surface area contributed by atoms with Crippen LogP contribution >= 0.6 is 0 Å². The average molecular weight is 281 g/mol. The van der Waals surface area contributed by atoms with Gasteiger partial charge in [-0.15, -0.1) is 0 Å². The molecule has 3 heterocycles. The summed E-state index contributed by atoms with van der Waals surface area (Å²) in [4.78, 5) is 13.1. The lowest BCUT2D eigenvalue weighted by atomic mass is 10.0. The minimum atomic E-state index is 0.310. The second-order valence-corrected chi connectivity index (χ2v) is 5.49. The van der Waals surface area contributed by atoms with Crippen LogP contribution in [0.1, 0.15) is 28.1 Å². The molecule has 0 aliphatic carbocycles. The molecule has 0 unspecified atom stereocenters. The van der Waals surface area contributed by atoms with Crippen LogP contribution in [-0.2, 0) is 6.54 Å². The third-order valence-corrected chi connectivity index (χ3v) is 4.15. The second-order valence-electron chi connectivity index (χ2n) is 5.49. The standard InChI is InChI=1S/C16H19N5/c1-9-7-18-14(11(3)10(9)2)8-21-6-5-13-12(4)19-16(17)20-15(13)21/h5-7H,8H2,1-4H3,(H2,17,19,20). The van der Waals surface area contributed by atoms with Crippen LogP contribution in [0.25, 0.3) is 11.0 Å². The molecule has 0 fully saturated rings. The smallest absolute Gasteiger partial charge is 0.222 e. The number of nitrogen functional groups attached to an aromatic ring is 1. The van der Waals surface area contributed by atoms with Gasteiger partial charge in [-0.05, 0) is 50.5 Å². The number of aromatic nitrogens is 4. The highest BCUT2D eigenvalue weighted by Crippen LogP contribution is 2.20. The van der Waals surface area contributed by atoms with Crippen molar-refractivity contribution in [2.75, 3.05) is 5.73 Å². The number of pyridine rings is 1. The lowest BCUT2D eigenvalue weighted by molar-refractivity contribution is 0.786. The number of aryl methyl sites for hydroxylation is 2. The van der Waals surface area contributed by atoms with Crippen LogP contribution in [0.5, 0.6) is 0 Å². The lowest BCUT2D eigenvalue weighted by Gasteiger charge is -2.11. The van der Waals surface area contributed by atoms with Gasteiger partial charge in [-0.1, -0.05) is 0 Å². The number of hydrogen-bond acceptors (Lipinski definition) is 4. The largest absolute Gasteiger partial charge is 0.368 e. The van der Waals surface area contributed by atoms with Crippen molar-refractivity contribution in [3.63, 3.8) is 0 Å². The van der Waals surface area contributed by atoms with Crippen molar-refractivity contribution < 1.29 is 0 Å². The van der Waals surface area contributed by atoms with Crippen molar-refractivity contribution in [2.45, 2.75) is 34.2 Å². The predicted octanol–water partition coefficient (Wildman–Crippen LogP) is 2.69. The minimum Gasteiger partial charge on any atom is -0.368 e. The van der Waals surface area contributed by atoms with Gasteiger partial charge in [0.1, 0.15) is 5.65 Å². The molecule has 0 aliphatic heterocycles. The van der Waals surface area contributed by atoms with E-state index in [-0.39, 0.29) is 0 Å². The van der Waals surface area contributed by atoms with Crippen molar-refractivity contribution in [3.8, 4) is 0 Å². The van der Waals surface area contributed by atoms with Crippen molar-refractivity contribution in [2.24, 2.45) is 0 Å². The van der Waals surface area contributed by atoms with Crippen LogP contribution in [-0.4, -0.2) is 19.5 Å². The fourth-order valence-electron chi connectivity index (χ4n) is 2.57. The second kappa shape index (κ2) is 4.84. The van der Waals surface area contributed by atoms with Crippen molar-refractivity contribution >= 4 is 17.0 Å². The minimum absolute atomic E-state index is 0.310. The lowest BCUT2D eigenvalue weighted by Crippen LogP contribution is -2.07. The maximum Gasteiger partial charge on any atom is 0.222 e. The Hall–Kier alpha value is -2.43. The molecule has 0 saturated carbocycles. The van der Waals surface area contributed by atoms with E-state index < -0.39 is 0 Å². The molecule has 108 valence electrons. The summed E-state index contributed by atoms with van der Waals surface area (Å²) in [6, 6.07) is 2.03. The SMILES string of the molecule is Cc1cnc(Cn2ccc3c(C)nc(N)nc32)c(C)c1C. The van der Waals surface area contributed by atoms with Crippen LogP contribution in [0, 0.1) is 27.7 Å². The highest BCUT2D eigenvalue weighted by Gasteiger charge is 2.11. The normalized spacial score (nSPS) is 11.2. The number of nitrogens with two attached hydrogens (primary N) is 1. The summed E-state index contributed by atoms with van der Waals surface area (Å²) in [6.45, 7) is 8.97. The van der Waals surface area contributed by atoms with Crippen LogP contribution < -0.4 is 5.73 Å². The summed E-state index contributed by atoms with van der Waals surface area (Å²) in [5.74, 6) is 0.310. The van der Waals surface area contributed by atoms with Gasteiger partial charge in [-0.2, -0.15) is 4.98 Å². The van der Waals surface area contributed by atoms with Crippen LogP contribution in [0.3, 0.4) is 0 Å². The summed E-state index contributed by atoms with van der Waals surface area (Å²) in [5, 5.41) is 1.03. The molecular weight excluding hydrogens is 262 g/mol. The van der Waals surface area contributed by atoms with Crippen molar-refractivity contribution in [1.82, 2.24) is 19.5 Å². The number of rotatable bonds is 2. The maximum absolute atomic E-state index is 5.77. The Kier molecular flexibility index (Phi) is 3.12. The molecule has 0 radical (unpaired) electrons. The van der Waals surface area contributed by atoms with E-state index in [9.17, 15) is 0 Å². The summed E-state index contributed by atoms with van der Waals surface area (Å²) in [5.41, 5.74) is 12.3. The highest BCUT2D eigenvalue weighted by atomic mass is 15.1. The topological polar surface area (TPSA) is 69.6 Å². The Morgan fingerprint density at radius 3 is 2.62 bits per heavy atom. The molecule has 0 saturated heterocycles. The van der Waals surface area contributed by atoms with Gasteiger partial charge < -0.3 is 10.3 Å². The molecule has 0 spiro atoms. The zero-order chi connectivity index (χ0) is 15.1. The molecule has 5 nitrogen and oxygen atoms in total. The molecule has 21 heavy (non-hydrogen) atoms. The number of anilines is 1. The van der Waals surface area contributed by atoms with Gasteiger partial charge in [-0.3, -0.25) is 4.98 Å². The summed E-state index contributed by atoms with van der Waals surface area (Å²) >= 11 is 0. The molecule has 0 aromatic carbocycles. The van der Waals surface area contributed by atoms with E-state index in [1.54, 1.807) is 0 Å². The number of hydrogen-bond donors (Lipinski definition) is 1. The van der Waals surface area contributed by atoms with Gasteiger partial charge in [0, 0.05) is 17.8 Å². The average Bonchev–Trinajstić information content (AvgIpc) is 2.83. The fraction of sp³-hybridized carbons (Fsp3) is 0.312. The number of fused-ring (bicyclic) bond motifs is 1. The van der Waals surface area contributed by atoms with Crippen LogP contribution in [0.4, 0.5) is 5.95 Å². The third-order valence-electron chi connectivity index (χ3n) is 4.15. The molecule has 0 amide bonds. The quantitative estimate of drug-likeness (QED) is 0.784. The first-order valence-electron chi connectivity index (χ1n) is 6.98. The Labute approximate surface area is 123 Å². The first-order valence-corrected chi connectivity index (χ1v) is 6.98. The van der Waals surface area contributed by atoms with E-state index in [0.29, 0.717) is 12.5 Å². The molecule has 3 aromatic rings. The number of nitrogens with zero attached hydrogens (tertiary/aromatic N) is 4. The predicted molar refractivity (Wildman–Crippen MR) is 84.2 cm³/mol. The van der Waals surface area contributed by atoms with E-state index in [2.05, 4.69) is 40.3 Å².